The summed E-state index contributed by atoms with van der Waals surface area (Å²) in [5.74, 6) is -0.609. The van der Waals surface area contributed by atoms with Crippen LogP contribution < -0.4 is 5.32 Å². The molecule has 0 spiro atoms. The molecule has 1 saturated carbocycles. The molecule has 0 heterocycles. The number of halogens is 2. The van der Waals surface area contributed by atoms with Gasteiger partial charge in [0.25, 0.3) is 0 Å². The second-order valence-electron chi connectivity index (χ2n) is 7.87. The van der Waals surface area contributed by atoms with Crippen molar-refractivity contribution in [3.63, 3.8) is 0 Å². The molecule has 0 aliphatic heterocycles. The Morgan fingerprint density at radius 2 is 1.83 bits per heavy atom. The zero-order valence-corrected chi connectivity index (χ0v) is 18.0. The van der Waals surface area contributed by atoms with Crippen LogP contribution in [0.5, 0.6) is 0 Å². The molecule has 0 radical (unpaired) electrons. The van der Waals surface area contributed by atoms with Crippen molar-refractivity contribution in [2.75, 3.05) is 0 Å². The van der Waals surface area contributed by atoms with Crippen LogP contribution in [0.1, 0.15) is 50.2 Å². The highest BCUT2D eigenvalue weighted by Crippen LogP contribution is 2.20. The van der Waals surface area contributed by atoms with Crippen molar-refractivity contribution in [3.8, 4) is 0 Å². The van der Waals surface area contributed by atoms with Crippen molar-refractivity contribution in [1.82, 2.24) is 10.2 Å². The predicted octanol–water partition coefficient (Wildman–Crippen LogP) is 4.89. The smallest absolute Gasteiger partial charge is 0.243 e. The van der Waals surface area contributed by atoms with Crippen molar-refractivity contribution in [2.45, 2.75) is 64.1 Å². The molecular formula is C24H28ClFN2O2. The Morgan fingerprint density at radius 3 is 2.47 bits per heavy atom. The second kappa shape index (κ2) is 10.6. The van der Waals surface area contributed by atoms with E-state index in [1.54, 1.807) is 35.2 Å². The lowest BCUT2D eigenvalue weighted by atomic mass is 10.1. The number of amides is 2. The summed E-state index contributed by atoms with van der Waals surface area (Å²) in [6, 6.07) is 12.8. The van der Waals surface area contributed by atoms with E-state index >= 15 is 0 Å². The van der Waals surface area contributed by atoms with Crippen LogP contribution in [0.15, 0.2) is 48.5 Å². The molecule has 1 fully saturated rings. The molecule has 3 rings (SSSR count). The Balaban J connectivity index is 1.81. The number of hydrogen-bond acceptors (Lipinski definition) is 2. The van der Waals surface area contributed by atoms with Gasteiger partial charge in [-0.15, -0.1) is 0 Å². The molecule has 30 heavy (non-hydrogen) atoms. The fourth-order valence-electron chi connectivity index (χ4n) is 4.00. The van der Waals surface area contributed by atoms with Crippen LogP contribution in [0.25, 0.3) is 0 Å². The van der Waals surface area contributed by atoms with Crippen LogP contribution in [0, 0.1) is 5.82 Å². The van der Waals surface area contributed by atoms with Gasteiger partial charge < -0.3 is 10.2 Å². The third-order valence-electron chi connectivity index (χ3n) is 5.60. The van der Waals surface area contributed by atoms with E-state index in [1.165, 1.54) is 12.1 Å². The lowest BCUT2D eigenvalue weighted by Gasteiger charge is -2.31. The SMILES string of the molecule is CCC(C(=O)NC1CCCC1)N(Cc1ccc(F)cc1)C(=O)Cc1cccc(Cl)c1. The lowest BCUT2D eigenvalue weighted by Crippen LogP contribution is -2.51. The number of carbonyl (C=O) groups is 2. The van der Waals surface area contributed by atoms with Gasteiger partial charge in [0.2, 0.25) is 11.8 Å². The molecule has 160 valence electrons. The maximum atomic E-state index is 13.3. The zero-order chi connectivity index (χ0) is 21.5. The fraction of sp³-hybridized carbons (Fsp3) is 0.417. The maximum absolute atomic E-state index is 13.3. The van der Waals surface area contributed by atoms with E-state index in [9.17, 15) is 14.0 Å². The number of rotatable bonds is 8. The molecule has 1 aliphatic rings. The van der Waals surface area contributed by atoms with Crippen LogP contribution in [0.4, 0.5) is 4.39 Å². The van der Waals surface area contributed by atoms with Crippen molar-refractivity contribution >= 4 is 23.4 Å². The summed E-state index contributed by atoms with van der Waals surface area (Å²) < 4.78 is 13.3. The van der Waals surface area contributed by atoms with Gasteiger partial charge in [0.05, 0.1) is 6.42 Å². The van der Waals surface area contributed by atoms with E-state index in [0.29, 0.717) is 11.4 Å². The number of benzene rings is 2. The highest BCUT2D eigenvalue weighted by Gasteiger charge is 2.30. The molecule has 0 aromatic heterocycles. The average Bonchev–Trinajstić information content (AvgIpc) is 3.22. The Labute approximate surface area is 182 Å². The average molecular weight is 431 g/mol. The zero-order valence-electron chi connectivity index (χ0n) is 17.2. The van der Waals surface area contributed by atoms with Crippen LogP contribution in [0.3, 0.4) is 0 Å². The van der Waals surface area contributed by atoms with Gasteiger partial charge in [0.1, 0.15) is 11.9 Å². The third kappa shape index (κ3) is 6.05. The Hall–Kier alpha value is -2.40. The van der Waals surface area contributed by atoms with Crippen molar-refractivity contribution in [3.05, 3.63) is 70.5 Å². The molecule has 6 heteroatoms. The van der Waals surface area contributed by atoms with Gasteiger partial charge >= 0.3 is 0 Å². The molecule has 2 aromatic rings. The Bertz CT molecular complexity index is 866. The molecule has 2 aromatic carbocycles. The molecular weight excluding hydrogens is 403 g/mol. The number of nitrogens with one attached hydrogen (secondary N) is 1. The summed E-state index contributed by atoms with van der Waals surface area (Å²) in [6.45, 7) is 2.15. The minimum Gasteiger partial charge on any atom is -0.352 e. The number of carbonyl (C=O) groups excluding carboxylic acids is 2. The normalized spacial score (nSPS) is 15.0. The van der Waals surface area contributed by atoms with E-state index in [-0.39, 0.29) is 36.6 Å². The first-order valence-electron chi connectivity index (χ1n) is 10.5. The predicted molar refractivity (Wildman–Crippen MR) is 117 cm³/mol. The summed E-state index contributed by atoms with van der Waals surface area (Å²) in [6.07, 6.45) is 4.85. The molecule has 1 atom stereocenters. The fourth-order valence-corrected chi connectivity index (χ4v) is 4.21. The Kier molecular flexibility index (Phi) is 7.86. The summed E-state index contributed by atoms with van der Waals surface area (Å²) >= 11 is 6.06. The number of hydrogen-bond donors (Lipinski definition) is 1. The first-order valence-corrected chi connectivity index (χ1v) is 10.9. The summed E-state index contributed by atoms with van der Waals surface area (Å²) in [5.41, 5.74) is 1.57. The second-order valence-corrected chi connectivity index (χ2v) is 8.31. The molecule has 1 N–H and O–H groups in total. The first-order chi connectivity index (χ1) is 14.5. The summed E-state index contributed by atoms with van der Waals surface area (Å²) in [7, 11) is 0. The van der Waals surface area contributed by atoms with Crippen molar-refractivity contribution in [1.29, 1.82) is 0 Å². The largest absolute Gasteiger partial charge is 0.352 e. The highest BCUT2D eigenvalue weighted by molar-refractivity contribution is 6.30. The lowest BCUT2D eigenvalue weighted by molar-refractivity contribution is -0.141. The molecule has 0 bridgehead atoms. The quantitative estimate of drug-likeness (QED) is 0.648. The number of nitrogens with zero attached hydrogens (tertiary/aromatic N) is 1. The van der Waals surface area contributed by atoms with Crippen LogP contribution in [-0.4, -0.2) is 28.8 Å². The van der Waals surface area contributed by atoms with Gasteiger partial charge in [-0.2, -0.15) is 0 Å². The highest BCUT2D eigenvalue weighted by atomic mass is 35.5. The third-order valence-corrected chi connectivity index (χ3v) is 5.83. The topological polar surface area (TPSA) is 49.4 Å². The van der Waals surface area contributed by atoms with Gasteiger partial charge in [-0.1, -0.05) is 55.6 Å². The first kappa shape index (κ1) is 22.3. The summed E-state index contributed by atoms with van der Waals surface area (Å²) in [5, 5.41) is 3.69. The van der Waals surface area contributed by atoms with Crippen LogP contribution in [-0.2, 0) is 22.6 Å². The van der Waals surface area contributed by atoms with Gasteiger partial charge in [-0.25, -0.2) is 4.39 Å². The monoisotopic (exact) mass is 430 g/mol. The molecule has 1 aliphatic carbocycles. The van der Waals surface area contributed by atoms with Crippen LogP contribution >= 0.6 is 11.6 Å². The van der Waals surface area contributed by atoms with Gasteiger partial charge in [0.15, 0.2) is 0 Å². The van der Waals surface area contributed by atoms with Crippen LogP contribution in [0.2, 0.25) is 5.02 Å². The van der Waals surface area contributed by atoms with Crippen molar-refractivity contribution in [2.24, 2.45) is 0 Å². The van der Waals surface area contributed by atoms with E-state index in [4.69, 9.17) is 11.6 Å². The maximum Gasteiger partial charge on any atom is 0.243 e. The van der Waals surface area contributed by atoms with Gasteiger partial charge in [0, 0.05) is 17.6 Å². The summed E-state index contributed by atoms with van der Waals surface area (Å²) in [4.78, 5) is 27.9. The molecule has 2 amide bonds. The van der Waals surface area contributed by atoms with Crippen molar-refractivity contribution < 1.29 is 14.0 Å². The van der Waals surface area contributed by atoms with E-state index in [2.05, 4.69) is 5.32 Å². The van der Waals surface area contributed by atoms with E-state index in [0.717, 1.165) is 36.8 Å². The molecule has 4 nitrogen and oxygen atoms in total. The molecule has 1 unspecified atom stereocenters. The minimum absolute atomic E-state index is 0.119. The van der Waals surface area contributed by atoms with E-state index < -0.39 is 6.04 Å². The standard InChI is InChI=1S/C24H28ClFN2O2/c1-2-22(24(30)27-21-8-3-4-9-21)28(16-17-10-12-20(26)13-11-17)23(29)15-18-6-5-7-19(25)14-18/h5-7,10-14,21-22H,2-4,8-9,15-16H2,1H3,(H,27,30). The van der Waals surface area contributed by atoms with E-state index in [1.807, 2.05) is 13.0 Å². The molecule has 0 saturated heterocycles. The van der Waals surface area contributed by atoms with Gasteiger partial charge in [-0.05, 0) is 54.7 Å². The Morgan fingerprint density at radius 1 is 1.13 bits per heavy atom. The minimum atomic E-state index is -0.581. The van der Waals surface area contributed by atoms with Gasteiger partial charge in [-0.3, -0.25) is 9.59 Å².